The summed E-state index contributed by atoms with van der Waals surface area (Å²) in [6.07, 6.45) is 0.343. The number of fused-ring (bicyclic) bond motifs is 1. The van der Waals surface area contributed by atoms with E-state index in [0.717, 1.165) is 0 Å². The molecule has 1 atom stereocenters. The summed E-state index contributed by atoms with van der Waals surface area (Å²) >= 11 is 0. The predicted molar refractivity (Wildman–Crippen MR) is 131 cm³/mol. The van der Waals surface area contributed by atoms with Crippen LogP contribution in [-0.2, 0) is 16.1 Å². The number of nitrogens with one attached hydrogen (secondary N) is 2. The molecular weight excluding hydrogens is 472 g/mol. The number of nitrogen functional groups attached to an aromatic ring is 1. The van der Waals surface area contributed by atoms with Crippen molar-refractivity contribution >= 4 is 29.2 Å². The molecule has 3 aromatic rings. The molecule has 2 heterocycles. The van der Waals surface area contributed by atoms with E-state index in [0.29, 0.717) is 0 Å². The van der Waals surface area contributed by atoms with E-state index in [4.69, 9.17) is 15.6 Å². The summed E-state index contributed by atoms with van der Waals surface area (Å²) in [6, 6.07) is 9.21. The number of aromatic amines is 1. The molecule has 0 saturated heterocycles. The summed E-state index contributed by atoms with van der Waals surface area (Å²) in [4.78, 5) is 45.0. The maximum atomic E-state index is 12.1. The van der Waals surface area contributed by atoms with E-state index in [2.05, 4.69) is 34.0 Å². The number of benzene rings is 1. The number of aliphatic hydroxyl groups excluding tert-OH is 2. The SMILES string of the molecule is CCC(NC(=O)O)C(=O)OCC(CO)(CO)CCn1cnc2c(=O)[nH]c(N)nc21.Cc1ccccc1. The fourth-order valence-electron chi connectivity index (χ4n) is 3.20. The molecule has 0 bridgehead atoms. The van der Waals surface area contributed by atoms with Crippen molar-refractivity contribution in [2.24, 2.45) is 5.41 Å². The topological polar surface area (TPSA) is 206 Å². The van der Waals surface area contributed by atoms with E-state index in [1.165, 1.54) is 16.5 Å². The molecule has 36 heavy (non-hydrogen) atoms. The second-order valence-electron chi connectivity index (χ2n) is 8.30. The van der Waals surface area contributed by atoms with E-state index in [-0.39, 0.29) is 43.1 Å². The zero-order chi connectivity index (χ0) is 26.7. The molecule has 0 aliphatic carbocycles. The molecule has 0 spiro atoms. The standard InChI is InChI=1S/C16H24N6O7.C7H8/c1-2-9(19-15(27)28)13(26)29-7-16(5-23,6-24)3-4-22-8-18-10-11(22)20-14(17)21-12(10)25;1-7-5-3-2-4-6-7/h8-9,19,23-24H,2-7H2,1H3,(H,27,28)(H3,17,20,21,25);2-6H,1H3. The Kier molecular flexibility index (Phi) is 10.4. The highest BCUT2D eigenvalue weighted by Crippen LogP contribution is 2.24. The van der Waals surface area contributed by atoms with Gasteiger partial charge in [-0.15, -0.1) is 0 Å². The van der Waals surface area contributed by atoms with Gasteiger partial charge < -0.3 is 35.7 Å². The van der Waals surface area contributed by atoms with Crippen molar-refractivity contribution in [2.45, 2.75) is 39.3 Å². The van der Waals surface area contributed by atoms with Gasteiger partial charge in [-0.1, -0.05) is 42.8 Å². The van der Waals surface area contributed by atoms with Crippen molar-refractivity contribution in [3.8, 4) is 0 Å². The number of ether oxygens (including phenoxy) is 1. The number of aryl methyl sites for hydroxylation is 2. The fraction of sp³-hybridized carbons (Fsp3) is 0.435. The average Bonchev–Trinajstić information content (AvgIpc) is 3.27. The zero-order valence-electron chi connectivity index (χ0n) is 20.2. The maximum absolute atomic E-state index is 12.1. The zero-order valence-corrected chi connectivity index (χ0v) is 20.2. The van der Waals surface area contributed by atoms with Crippen LogP contribution in [0.15, 0.2) is 41.5 Å². The molecule has 0 aliphatic heterocycles. The number of aromatic nitrogens is 4. The average molecular weight is 505 g/mol. The van der Waals surface area contributed by atoms with Crippen molar-refractivity contribution in [3.05, 3.63) is 52.6 Å². The summed E-state index contributed by atoms with van der Waals surface area (Å²) in [5.74, 6) is -0.888. The van der Waals surface area contributed by atoms with Gasteiger partial charge in [-0.05, 0) is 19.8 Å². The molecule has 0 saturated carbocycles. The molecular formula is C23H32N6O7. The molecule has 0 radical (unpaired) electrons. The number of imidazole rings is 1. The summed E-state index contributed by atoms with van der Waals surface area (Å²) < 4.78 is 6.67. The molecule has 7 N–H and O–H groups in total. The summed E-state index contributed by atoms with van der Waals surface area (Å²) in [5, 5.41) is 30.4. The first-order chi connectivity index (χ1) is 17.1. The number of hydrogen-bond acceptors (Lipinski definition) is 9. The van der Waals surface area contributed by atoms with Crippen LogP contribution >= 0.6 is 0 Å². The number of H-pyrrole nitrogens is 1. The van der Waals surface area contributed by atoms with Crippen molar-refractivity contribution in [1.82, 2.24) is 24.8 Å². The van der Waals surface area contributed by atoms with Gasteiger partial charge in [0, 0.05) is 6.54 Å². The molecule has 1 aromatic carbocycles. The highest BCUT2D eigenvalue weighted by molar-refractivity contribution is 5.80. The van der Waals surface area contributed by atoms with Crippen LogP contribution in [0.3, 0.4) is 0 Å². The molecule has 13 nitrogen and oxygen atoms in total. The number of carboxylic acid groups (broad SMARTS) is 1. The number of amides is 1. The molecule has 2 aromatic heterocycles. The first-order valence-electron chi connectivity index (χ1n) is 11.2. The van der Waals surface area contributed by atoms with Gasteiger partial charge in [-0.3, -0.25) is 9.78 Å². The van der Waals surface area contributed by atoms with Gasteiger partial charge in [0.2, 0.25) is 5.95 Å². The molecule has 0 aliphatic rings. The minimum atomic E-state index is -1.36. The lowest BCUT2D eigenvalue weighted by Gasteiger charge is -2.30. The molecule has 196 valence electrons. The summed E-state index contributed by atoms with van der Waals surface area (Å²) in [5.41, 5.74) is 5.52. The molecule has 1 unspecified atom stereocenters. The van der Waals surface area contributed by atoms with E-state index in [1.807, 2.05) is 23.5 Å². The molecule has 0 fully saturated rings. The third kappa shape index (κ3) is 7.78. The van der Waals surface area contributed by atoms with Gasteiger partial charge in [0.05, 0.1) is 25.0 Å². The lowest BCUT2D eigenvalue weighted by molar-refractivity contribution is -0.152. The van der Waals surface area contributed by atoms with E-state index >= 15 is 0 Å². The van der Waals surface area contributed by atoms with Crippen LogP contribution in [0.1, 0.15) is 25.3 Å². The van der Waals surface area contributed by atoms with Crippen LogP contribution < -0.4 is 16.6 Å². The Hall–Kier alpha value is -3.97. The Bertz CT molecular complexity index is 1190. The van der Waals surface area contributed by atoms with Gasteiger partial charge in [-0.2, -0.15) is 4.98 Å². The lowest BCUT2D eigenvalue weighted by atomic mass is 9.87. The number of carbonyl (C=O) groups excluding carboxylic acids is 1. The summed E-state index contributed by atoms with van der Waals surface area (Å²) in [6.45, 7) is 2.55. The van der Waals surface area contributed by atoms with Gasteiger partial charge in [-0.25, -0.2) is 14.6 Å². The van der Waals surface area contributed by atoms with Crippen LogP contribution in [-0.4, -0.2) is 72.8 Å². The number of nitrogens with two attached hydrogens (primary N) is 1. The van der Waals surface area contributed by atoms with Crippen LogP contribution in [0, 0.1) is 12.3 Å². The normalized spacial score (nSPS) is 11.9. The molecule has 13 heteroatoms. The minimum Gasteiger partial charge on any atom is -0.465 e. The van der Waals surface area contributed by atoms with Crippen LogP contribution in [0.5, 0.6) is 0 Å². The van der Waals surface area contributed by atoms with Crippen LogP contribution in [0.4, 0.5) is 10.7 Å². The van der Waals surface area contributed by atoms with Crippen LogP contribution in [0.2, 0.25) is 0 Å². The van der Waals surface area contributed by atoms with Crippen molar-refractivity contribution in [3.63, 3.8) is 0 Å². The fourth-order valence-corrected chi connectivity index (χ4v) is 3.20. The van der Waals surface area contributed by atoms with Crippen LogP contribution in [0.25, 0.3) is 11.2 Å². The molecule has 1 amide bonds. The highest BCUT2D eigenvalue weighted by atomic mass is 16.5. The monoisotopic (exact) mass is 504 g/mol. The largest absolute Gasteiger partial charge is 0.465 e. The highest BCUT2D eigenvalue weighted by Gasteiger charge is 2.32. The first kappa shape index (κ1) is 28.3. The number of carbonyl (C=O) groups is 2. The lowest BCUT2D eigenvalue weighted by Crippen LogP contribution is -2.43. The quantitative estimate of drug-likeness (QED) is 0.212. The third-order valence-electron chi connectivity index (χ3n) is 5.50. The summed E-state index contributed by atoms with van der Waals surface area (Å²) in [7, 11) is 0. The Labute approximate surface area is 207 Å². The number of nitrogens with zero attached hydrogens (tertiary/aromatic N) is 3. The van der Waals surface area contributed by atoms with E-state index in [1.54, 1.807) is 6.92 Å². The Morgan fingerprint density at radius 1 is 1.25 bits per heavy atom. The van der Waals surface area contributed by atoms with Crippen molar-refractivity contribution in [2.75, 3.05) is 25.6 Å². The smallest absolute Gasteiger partial charge is 0.405 e. The van der Waals surface area contributed by atoms with Gasteiger partial charge in [0.15, 0.2) is 11.2 Å². The number of rotatable bonds is 10. The number of aliphatic hydroxyl groups is 2. The number of anilines is 1. The Balaban J connectivity index is 0.000000558. The second kappa shape index (κ2) is 13.2. The molecule has 3 rings (SSSR count). The number of hydrogen-bond donors (Lipinski definition) is 6. The third-order valence-corrected chi connectivity index (χ3v) is 5.50. The van der Waals surface area contributed by atoms with Gasteiger partial charge >= 0.3 is 12.1 Å². The minimum absolute atomic E-state index is 0.0784. The maximum Gasteiger partial charge on any atom is 0.405 e. The van der Waals surface area contributed by atoms with E-state index in [9.17, 15) is 24.6 Å². The number of esters is 1. The van der Waals surface area contributed by atoms with Gasteiger partial charge in [0.25, 0.3) is 5.56 Å². The predicted octanol–water partition coefficient (Wildman–Crippen LogP) is 0.647. The Morgan fingerprint density at radius 2 is 1.92 bits per heavy atom. The first-order valence-corrected chi connectivity index (χ1v) is 11.2. The second-order valence-corrected chi connectivity index (χ2v) is 8.30. The van der Waals surface area contributed by atoms with Crippen molar-refractivity contribution < 1.29 is 29.6 Å². The van der Waals surface area contributed by atoms with E-state index < -0.39 is 42.3 Å². The Morgan fingerprint density at radius 3 is 2.44 bits per heavy atom. The van der Waals surface area contributed by atoms with Gasteiger partial charge in [0.1, 0.15) is 12.6 Å². The van der Waals surface area contributed by atoms with Crippen molar-refractivity contribution in [1.29, 1.82) is 0 Å².